The van der Waals surface area contributed by atoms with Crippen LogP contribution in [-0.2, 0) is 16.6 Å². The Hall–Kier alpha value is -3.20. The number of hydrogen-bond donors (Lipinski definition) is 1. The largest absolute Gasteiger partial charge is 0.462 e. The highest BCUT2D eigenvalue weighted by Crippen LogP contribution is 2.22. The van der Waals surface area contributed by atoms with Crippen molar-refractivity contribution in [2.45, 2.75) is 12.1 Å². The summed E-state index contributed by atoms with van der Waals surface area (Å²) in [5.74, 6) is 0.0627. The van der Waals surface area contributed by atoms with Crippen molar-refractivity contribution in [3.8, 4) is 11.4 Å². The SMILES string of the molecule is CCOC(=O)c1ccccc1NC(=O)CSc1nnc(-c2cccnc2)n1C. The van der Waals surface area contributed by atoms with Gasteiger partial charge in [-0.05, 0) is 31.2 Å². The second-order valence-electron chi connectivity index (χ2n) is 5.71. The lowest BCUT2D eigenvalue weighted by molar-refractivity contribution is -0.113. The molecule has 0 bridgehead atoms. The number of pyridine rings is 1. The number of para-hydroxylation sites is 1. The standard InChI is InChI=1S/C19H19N5O3S/c1-3-27-18(26)14-8-4-5-9-15(14)21-16(25)12-28-19-23-22-17(24(19)2)13-7-6-10-20-11-13/h4-11H,3,12H2,1-2H3,(H,21,25). The van der Waals surface area contributed by atoms with Gasteiger partial charge in [-0.15, -0.1) is 10.2 Å². The molecule has 144 valence electrons. The summed E-state index contributed by atoms with van der Waals surface area (Å²) < 4.78 is 6.82. The predicted molar refractivity (Wildman–Crippen MR) is 106 cm³/mol. The van der Waals surface area contributed by atoms with Gasteiger partial charge in [0, 0.05) is 25.0 Å². The average molecular weight is 397 g/mol. The molecule has 9 heteroatoms. The molecule has 0 aliphatic heterocycles. The summed E-state index contributed by atoms with van der Waals surface area (Å²) >= 11 is 1.26. The summed E-state index contributed by atoms with van der Waals surface area (Å²) in [6.45, 7) is 2.00. The first-order chi connectivity index (χ1) is 13.6. The monoisotopic (exact) mass is 397 g/mol. The zero-order chi connectivity index (χ0) is 19.9. The van der Waals surface area contributed by atoms with Crippen molar-refractivity contribution in [1.82, 2.24) is 19.7 Å². The van der Waals surface area contributed by atoms with E-state index in [0.29, 0.717) is 22.2 Å². The maximum absolute atomic E-state index is 12.4. The number of benzene rings is 1. The number of carbonyl (C=O) groups is 2. The lowest BCUT2D eigenvalue weighted by Gasteiger charge is -2.10. The molecular formula is C19H19N5O3S. The van der Waals surface area contributed by atoms with Crippen molar-refractivity contribution < 1.29 is 14.3 Å². The molecule has 0 saturated heterocycles. The molecule has 1 amide bonds. The third-order valence-corrected chi connectivity index (χ3v) is 4.80. The van der Waals surface area contributed by atoms with Crippen LogP contribution in [0.15, 0.2) is 53.9 Å². The van der Waals surface area contributed by atoms with Crippen molar-refractivity contribution in [3.63, 3.8) is 0 Å². The third-order valence-electron chi connectivity index (χ3n) is 3.78. The number of thioether (sulfide) groups is 1. The molecule has 2 heterocycles. The highest BCUT2D eigenvalue weighted by atomic mass is 32.2. The molecule has 0 radical (unpaired) electrons. The summed E-state index contributed by atoms with van der Waals surface area (Å²) in [5.41, 5.74) is 1.58. The van der Waals surface area contributed by atoms with Crippen LogP contribution in [0.2, 0.25) is 0 Å². The Balaban J connectivity index is 1.65. The minimum Gasteiger partial charge on any atom is -0.462 e. The van der Waals surface area contributed by atoms with Crippen LogP contribution in [0.1, 0.15) is 17.3 Å². The molecule has 0 aliphatic carbocycles. The van der Waals surface area contributed by atoms with Crippen LogP contribution in [-0.4, -0.2) is 44.0 Å². The molecule has 0 fully saturated rings. The second-order valence-corrected chi connectivity index (χ2v) is 6.65. The van der Waals surface area contributed by atoms with Crippen molar-refractivity contribution in [2.75, 3.05) is 17.7 Å². The number of hydrogen-bond acceptors (Lipinski definition) is 7. The zero-order valence-corrected chi connectivity index (χ0v) is 16.3. The highest BCUT2D eigenvalue weighted by Gasteiger charge is 2.16. The molecule has 1 N–H and O–H groups in total. The maximum Gasteiger partial charge on any atom is 0.340 e. The molecule has 28 heavy (non-hydrogen) atoms. The zero-order valence-electron chi connectivity index (χ0n) is 15.5. The average Bonchev–Trinajstić information content (AvgIpc) is 3.08. The van der Waals surface area contributed by atoms with Gasteiger partial charge >= 0.3 is 5.97 Å². The fourth-order valence-electron chi connectivity index (χ4n) is 2.48. The van der Waals surface area contributed by atoms with Crippen molar-refractivity contribution >= 4 is 29.3 Å². The van der Waals surface area contributed by atoms with Crippen LogP contribution in [0.25, 0.3) is 11.4 Å². The number of esters is 1. The van der Waals surface area contributed by atoms with Crippen LogP contribution in [0.4, 0.5) is 5.69 Å². The molecular weight excluding hydrogens is 378 g/mol. The Morgan fingerprint density at radius 1 is 1.18 bits per heavy atom. The van der Waals surface area contributed by atoms with Crippen LogP contribution in [0.5, 0.6) is 0 Å². The minimum atomic E-state index is -0.472. The van der Waals surface area contributed by atoms with E-state index in [2.05, 4.69) is 20.5 Å². The highest BCUT2D eigenvalue weighted by molar-refractivity contribution is 7.99. The van der Waals surface area contributed by atoms with Crippen molar-refractivity contribution in [3.05, 3.63) is 54.4 Å². The summed E-state index contributed by atoms with van der Waals surface area (Å²) in [6, 6.07) is 10.5. The van der Waals surface area contributed by atoms with E-state index < -0.39 is 5.97 Å². The van der Waals surface area contributed by atoms with Gasteiger partial charge in [-0.25, -0.2) is 4.79 Å². The van der Waals surface area contributed by atoms with Gasteiger partial charge in [0.1, 0.15) is 0 Å². The maximum atomic E-state index is 12.4. The van der Waals surface area contributed by atoms with E-state index in [-0.39, 0.29) is 18.3 Å². The minimum absolute atomic E-state index is 0.121. The van der Waals surface area contributed by atoms with E-state index in [4.69, 9.17) is 4.74 Å². The Bertz CT molecular complexity index is 975. The Labute approximate surface area is 166 Å². The Kier molecular flexibility index (Phi) is 6.38. The lowest BCUT2D eigenvalue weighted by Crippen LogP contribution is -2.17. The molecule has 0 atom stereocenters. The van der Waals surface area contributed by atoms with Crippen molar-refractivity contribution in [1.29, 1.82) is 0 Å². The lowest BCUT2D eigenvalue weighted by atomic mass is 10.2. The number of nitrogens with one attached hydrogen (secondary N) is 1. The topological polar surface area (TPSA) is 99.0 Å². The summed E-state index contributed by atoms with van der Waals surface area (Å²) in [4.78, 5) is 28.4. The number of nitrogens with zero attached hydrogens (tertiary/aromatic N) is 4. The van der Waals surface area contributed by atoms with E-state index >= 15 is 0 Å². The van der Waals surface area contributed by atoms with Gasteiger partial charge in [0.05, 0.1) is 23.6 Å². The molecule has 2 aromatic heterocycles. The van der Waals surface area contributed by atoms with Crippen LogP contribution in [0.3, 0.4) is 0 Å². The van der Waals surface area contributed by atoms with Gasteiger partial charge in [-0.2, -0.15) is 0 Å². The Morgan fingerprint density at radius 2 is 2.00 bits per heavy atom. The quantitative estimate of drug-likeness (QED) is 0.483. The first kappa shape index (κ1) is 19.6. The summed E-state index contributed by atoms with van der Waals surface area (Å²) in [7, 11) is 1.83. The van der Waals surface area contributed by atoms with E-state index in [1.807, 2.05) is 23.7 Å². The molecule has 3 rings (SSSR count). The van der Waals surface area contributed by atoms with Gasteiger partial charge in [0.2, 0.25) is 5.91 Å². The Morgan fingerprint density at radius 3 is 2.75 bits per heavy atom. The fourth-order valence-corrected chi connectivity index (χ4v) is 3.19. The summed E-state index contributed by atoms with van der Waals surface area (Å²) in [5, 5.41) is 11.7. The number of rotatable bonds is 7. The first-order valence-corrected chi connectivity index (χ1v) is 9.57. The van der Waals surface area contributed by atoms with Gasteiger partial charge in [-0.1, -0.05) is 23.9 Å². The molecule has 0 spiro atoms. The van der Waals surface area contributed by atoms with Gasteiger partial charge in [0.25, 0.3) is 0 Å². The molecule has 1 aromatic carbocycles. The molecule has 0 unspecified atom stereocenters. The normalized spacial score (nSPS) is 10.5. The smallest absolute Gasteiger partial charge is 0.340 e. The molecule has 8 nitrogen and oxygen atoms in total. The number of carbonyl (C=O) groups excluding carboxylic acids is 2. The molecule has 0 aliphatic rings. The second kappa shape index (κ2) is 9.14. The van der Waals surface area contributed by atoms with Gasteiger partial charge in [-0.3, -0.25) is 9.78 Å². The van der Waals surface area contributed by atoms with E-state index in [9.17, 15) is 9.59 Å². The summed E-state index contributed by atoms with van der Waals surface area (Å²) in [6.07, 6.45) is 3.39. The first-order valence-electron chi connectivity index (χ1n) is 8.58. The van der Waals surface area contributed by atoms with E-state index in [0.717, 1.165) is 5.56 Å². The molecule has 3 aromatic rings. The van der Waals surface area contributed by atoms with Crippen LogP contribution >= 0.6 is 11.8 Å². The number of anilines is 1. The third kappa shape index (κ3) is 4.55. The van der Waals surface area contributed by atoms with Gasteiger partial charge in [0.15, 0.2) is 11.0 Å². The number of aromatic nitrogens is 4. The number of amides is 1. The predicted octanol–water partition coefficient (Wildman–Crippen LogP) is 2.78. The van der Waals surface area contributed by atoms with Crippen LogP contribution in [0, 0.1) is 0 Å². The van der Waals surface area contributed by atoms with E-state index in [1.165, 1.54) is 11.8 Å². The van der Waals surface area contributed by atoms with Crippen molar-refractivity contribution in [2.24, 2.45) is 7.05 Å². The van der Waals surface area contributed by atoms with Gasteiger partial charge < -0.3 is 14.6 Å². The molecule has 0 saturated carbocycles. The van der Waals surface area contributed by atoms with Crippen LogP contribution < -0.4 is 5.32 Å². The van der Waals surface area contributed by atoms with E-state index in [1.54, 1.807) is 43.6 Å². The fraction of sp³-hybridized carbons (Fsp3) is 0.211. The number of ether oxygens (including phenoxy) is 1.